The molecule has 0 amide bonds. The van der Waals surface area contributed by atoms with Crippen molar-refractivity contribution in [3.63, 3.8) is 0 Å². The molecule has 0 saturated heterocycles. The van der Waals surface area contributed by atoms with Crippen molar-refractivity contribution in [3.8, 4) is 0 Å². The molecule has 0 bridgehead atoms. The van der Waals surface area contributed by atoms with Crippen LogP contribution < -0.4 is 0 Å². The first-order chi connectivity index (χ1) is 11.8. The first kappa shape index (κ1) is 17.5. The van der Waals surface area contributed by atoms with Crippen molar-refractivity contribution in [2.24, 2.45) is 40.4 Å². The molecule has 4 rings (SSSR count). The minimum Gasteiger partial charge on any atom is -0.300 e. The van der Waals surface area contributed by atoms with Crippen molar-refractivity contribution < 1.29 is 9.59 Å². The van der Waals surface area contributed by atoms with Crippen LogP contribution in [0.4, 0.5) is 0 Å². The molecule has 0 aromatic carbocycles. The van der Waals surface area contributed by atoms with Crippen LogP contribution in [0.25, 0.3) is 0 Å². The summed E-state index contributed by atoms with van der Waals surface area (Å²) in [5.41, 5.74) is 1.91. The van der Waals surface area contributed by atoms with E-state index in [2.05, 4.69) is 20.8 Å². The maximum atomic E-state index is 12.5. The smallest absolute Gasteiger partial charge is 0.155 e. The van der Waals surface area contributed by atoms with Crippen LogP contribution in [0.2, 0.25) is 0 Å². The Labute approximate surface area is 152 Å². The topological polar surface area (TPSA) is 34.1 Å². The molecule has 0 aromatic rings. The lowest BCUT2D eigenvalue weighted by Gasteiger charge is -2.58. The van der Waals surface area contributed by atoms with Gasteiger partial charge in [0.15, 0.2) is 5.78 Å². The Balaban J connectivity index is 1.69. The van der Waals surface area contributed by atoms with Crippen LogP contribution in [-0.2, 0) is 9.59 Å². The van der Waals surface area contributed by atoms with E-state index in [1.54, 1.807) is 0 Å². The summed E-state index contributed by atoms with van der Waals surface area (Å²) in [5.74, 6) is 3.83. The SMILES string of the molecule is CC[C@@H]1C[C@H]2[C@H]3CCC4=CC(=O)CC[C@]4(C)[C@@H]3CC[C@]2(C)[C@@H]1C(C)=O. The molecule has 0 heterocycles. The molecule has 0 N–H and O–H groups in total. The zero-order chi connectivity index (χ0) is 18.0. The largest absolute Gasteiger partial charge is 0.300 e. The zero-order valence-electron chi connectivity index (χ0n) is 16.4. The van der Waals surface area contributed by atoms with Gasteiger partial charge >= 0.3 is 0 Å². The average molecular weight is 343 g/mol. The lowest BCUT2D eigenvalue weighted by Crippen LogP contribution is -2.51. The molecule has 3 saturated carbocycles. The summed E-state index contributed by atoms with van der Waals surface area (Å²) in [6, 6.07) is 0. The quantitative estimate of drug-likeness (QED) is 0.677. The zero-order valence-corrected chi connectivity index (χ0v) is 16.4. The van der Waals surface area contributed by atoms with Crippen LogP contribution in [0.1, 0.15) is 79.1 Å². The standard InChI is InChI=1S/C23H34O2/c1-5-15-12-20-18-7-6-16-13-17(25)8-10-22(16,3)19(18)9-11-23(20,4)21(15)14(2)24/h13,15,18-21H,5-12H2,1-4H3/t15-,18+,19-,20+,21-,22+,23+/m1/s1. The third kappa shape index (κ3) is 2.35. The Morgan fingerprint density at radius 2 is 1.92 bits per heavy atom. The maximum absolute atomic E-state index is 12.5. The summed E-state index contributed by atoms with van der Waals surface area (Å²) in [6.07, 6.45) is 11.0. The van der Waals surface area contributed by atoms with Gasteiger partial charge < -0.3 is 0 Å². The van der Waals surface area contributed by atoms with Gasteiger partial charge in [-0.05, 0) is 86.0 Å². The molecule has 0 radical (unpaired) electrons. The summed E-state index contributed by atoms with van der Waals surface area (Å²) < 4.78 is 0. The van der Waals surface area contributed by atoms with Gasteiger partial charge in [-0.25, -0.2) is 0 Å². The minimum atomic E-state index is 0.218. The second kappa shape index (κ2) is 5.79. The van der Waals surface area contributed by atoms with Crippen LogP contribution >= 0.6 is 0 Å². The van der Waals surface area contributed by atoms with Crippen LogP contribution in [-0.4, -0.2) is 11.6 Å². The molecule has 7 atom stereocenters. The highest BCUT2D eigenvalue weighted by Gasteiger charge is 2.61. The highest BCUT2D eigenvalue weighted by Crippen LogP contribution is 2.68. The van der Waals surface area contributed by atoms with E-state index in [-0.39, 0.29) is 16.7 Å². The second-order valence-corrected chi connectivity index (χ2v) is 10.0. The Morgan fingerprint density at radius 1 is 1.16 bits per heavy atom. The Bertz CT molecular complexity index is 632. The van der Waals surface area contributed by atoms with Crippen molar-refractivity contribution in [1.82, 2.24) is 0 Å². The van der Waals surface area contributed by atoms with E-state index in [0.717, 1.165) is 37.5 Å². The third-order valence-corrected chi connectivity index (χ3v) is 9.10. The first-order valence-electron chi connectivity index (χ1n) is 10.6. The Morgan fingerprint density at radius 3 is 2.60 bits per heavy atom. The summed E-state index contributed by atoms with van der Waals surface area (Å²) in [5, 5.41) is 0. The van der Waals surface area contributed by atoms with Gasteiger partial charge in [0.1, 0.15) is 5.78 Å². The molecule has 4 aliphatic carbocycles. The number of hydrogen-bond donors (Lipinski definition) is 0. The van der Waals surface area contributed by atoms with Gasteiger partial charge in [-0.2, -0.15) is 0 Å². The average Bonchev–Trinajstić information content (AvgIpc) is 2.88. The molecule has 2 nitrogen and oxygen atoms in total. The Hall–Kier alpha value is -0.920. The molecule has 0 unspecified atom stereocenters. The predicted octanol–water partition coefficient (Wildman–Crippen LogP) is 5.36. The van der Waals surface area contributed by atoms with E-state index in [9.17, 15) is 9.59 Å². The fourth-order valence-corrected chi connectivity index (χ4v) is 7.94. The maximum Gasteiger partial charge on any atom is 0.155 e. The number of hydrogen-bond acceptors (Lipinski definition) is 2. The second-order valence-electron chi connectivity index (χ2n) is 10.0. The van der Waals surface area contributed by atoms with E-state index in [4.69, 9.17) is 0 Å². The van der Waals surface area contributed by atoms with Gasteiger partial charge in [0.05, 0.1) is 0 Å². The van der Waals surface area contributed by atoms with E-state index in [1.165, 1.54) is 31.3 Å². The van der Waals surface area contributed by atoms with E-state index in [0.29, 0.717) is 23.4 Å². The molecule has 0 spiro atoms. The lowest BCUT2D eigenvalue weighted by atomic mass is 9.46. The number of ketones is 2. The van der Waals surface area contributed by atoms with Crippen LogP contribution in [0, 0.1) is 40.4 Å². The van der Waals surface area contributed by atoms with Crippen molar-refractivity contribution in [3.05, 3.63) is 11.6 Å². The highest BCUT2D eigenvalue weighted by molar-refractivity contribution is 5.91. The van der Waals surface area contributed by atoms with E-state index >= 15 is 0 Å². The molecule has 4 aliphatic rings. The summed E-state index contributed by atoms with van der Waals surface area (Å²) >= 11 is 0. The first-order valence-corrected chi connectivity index (χ1v) is 10.6. The molecule has 0 aliphatic heterocycles. The molecular formula is C23H34O2. The third-order valence-electron chi connectivity index (χ3n) is 9.10. The van der Waals surface area contributed by atoms with E-state index in [1.807, 2.05) is 13.0 Å². The fraction of sp³-hybridized carbons (Fsp3) is 0.826. The number of Topliss-reactive ketones (excluding diaryl/α,β-unsaturated/α-hetero) is 1. The number of fused-ring (bicyclic) bond motifs is 5. The summed E-state index contributed by atoms with van der Waals surface area (Å²) in [6.45, 7) is 8.99. The van der Waals surface area contributed by atoms with Gasteiger partial charge in [0, 0.05) is 12.3 Å². The number of rotatable bonds is 2. The van der Waals surface area contributed by atoms with Crippen LogP contribution in [0.5, 0.6) is 0 Å². The highest BCUT2D eigenvalue weighted by atomic mass is 16.1. The Kier molecular flexibility index (Phi) is 4.05. The predicted molar refractivity (Wildman–Crippen MR) is 100 cm³/mol. The molecule has 25 heavy (non-hydrogen) atoms. The van der Waals surface area contributed by atoms with Gasteiger partial charge in [-0.15, -0.1) is 0 Å². The normalized spacial score (nSPS) is 49.0. The fourth-order valence-electron chi connectivity index (χ4n) is 7.94. The molecular weight excluding hydrogens is 308 g/mol. The van der Waals surface area contributed by atoms with Crippen molar-refractivity contribution in [2.75, 3.05) is 0 Å². The van der Waals surface area contributed by atoms with Gasteiger partial charge in [0.2, 0.25) is 0 Å². The lowest BCUT2D eigenvalue weighted by molar-refractivity contribution is -0.130. The monoisotopic (exact) mass is 342 g/mol. The van der Waals surface area contributed by atoms with Gasteiger partial charge in [0.25, 0.3) is 0 Å². The summed E-state index contributed by atoms with van der Waals surface area (Å²) in [7, 11) is 0. The number of allylic oxidation sites excluding steroid dienone is 1. The van der Waals surface area contributed by atoms with Gasteiger partial charge in [-0.3, -0.25) is 9.59 Å². The number of carbonyl (C=O) groups is 2. The molecule has 3 fully saturated rings. The van der Waals surface area contributed by atoms with E-state index < -0.39 is 0 Å². The van der Waals surface area contributed by atoms with Crippen LogP contribution in [0.3, 0.4) is 0 Å². The molecule has 2 heteroatoms. The number of carbonyl (C=O) groups excluding carboxylic acids is 2. The van der Waals surface area contributed by atoms with Crippen molar-refractivity contribution in [2.45, 2.75) is 79.1 Å². The minimum absolute atomic E-state index is 0.218. The summed E-state index contributed by atoms with van der Waals surface area (Å²) in [4.78, 5) is 24.5. The van der Waals surface area contributed by atoms with Crippen molar-refractivity contribution in [1.29, 1.82) is 0 Å². The van der Waals surface area contributed by atoms with Crippen molar-refractivity contribution >= 4 is 11.6 Å². The molecule has 138 valence electrons. The molecule has 0 aromatic heterocycles. The van der Waals surface area contributed by atoms with Crippen LogP contribution in [0.15, 0.2) is 11.6 Å². The van der Waals surface area contributed by atoms with Gasteiger partial charge in [-0.1, -0.05) is 32.8 Å².